The summed E-state index contributed by atoms with van der Waals surface area (Å²) in [7, 11) is 0. The first kappa shape index (κ1) is 51.0. The third kappa shape index (κ3) is 15.2. The maximum Gasteiger partial charge on any atom is 0.327 e. The van der Waals surface area contributed by atoms with Crippen LogP contribution in [0.15, 0.2) is 54.7 Å². The minimum Gasteiger partial charge on any atom is -0.508 e. The number of nitrogens with two attached hydrogens (primary N) is 2. The van der Waals surface area contributed by atoms with Crippen LogP contribution >= 0.6 is 25.3 Å². The molecule has 14 N–H and O–H groups in total. The number of carboxylic acid groups (broad SMARTS) is 1. The Morgan fingerprint density at radius 3 is 1.77 bits per heavy atom. The van der Waals surface area contributed by atoms with E-state index in [1.54, 1.807) is 26.1 Å². The molecule has 0 radical (unpaired) electrons. The van der Waals surface area contributed by atoms with Crippen LogP contribution in [0.5, 0.6) is 5.75 Å². The van der Waals surface area contributed by atoms with Gasteiger partial charge < -0.3 is 63.7 Å². The number of amides is 6. The number of para-hydroxylation sites is 1. The van der Waals surface area contributed by atoms with E-state index in [4.69, 9.17) is 11.5 Å². The summed E-state index contributed by atoms with van der Waals surface area (Å²) in [6.45, 7) is 4.92. The molecule has 1 heterocycles. The van der Waals surface area contributed by atoms with Crippen molar-refractivity contribution in [2.45, 2.75) is 101 Å². The van der Waals surface area contributed by atoms with Gasteiger partial charge in [-0.2, -0.15) is 25.3 Å². The van der Waals surface area contributed by atoms with Crippen LogP contribution in [-0.2, 0) is 46.4 Å². The summed E-state index contributed by atoms with van der Waals surface area (Å²) >= 11 is 8.19. The molecular formula is C41H59N9O10S2. The number of fused-ring (bicyclic) bond motifs is 1. The Hall–Kier alpha value is -5.35. The van der Waals surface area contributed by atoms with Gasteiger partial charge in [0.1, 0.15) is 48.0 Å². The number of benzene rings is 2. The van der Waals surface area contributed by atoms with E-state index in [0.29, 0.717) is 24.0 Å². The van der Waals surface area contributed by atoms with E-state index in [2.05, 4.69) is 62.1 Å². The number of thiol groups is 2. The van der Waals surface area contributed by atoms with Crippen LogP contribution in [0.25, 0.3) is 10.9 Å². The molecule has 2 aromatic carbocycles. The summed E-state index contributed by atoms with van der Waals surface area (Å²) in [6.07, 6.45) is 1.20. The molecule has 6 amide bonds. The number of aromatic amines is 1. The lowest BCUT2D eigenvalue weighted by atomic mass is 10.00. The van der Waals surface area contributed by atoms with Crippen molar-refractivity contribution in [3.8, 4) is 5.75 Å². The van der Waals surface area contributed by atoms with E-state index in [1.165, 1.54) is 31.2 Å². The van der Waals surface area contributed by atoms with E-state index < -0.39 is 95.7 Å². The second-order valence-corrected chi connectivity index (χ2v) is 16.0. The molecular weight excluding hydrogens is 843 g/mol. The quantitative estimate of drug-likeness (QED) is 0.0360. The maximum atomic E-state index is 14.4. The molecule has 340 valence electrons. The van der Waals surface area contributed by atoms with Gasteiger partial charge in [0.25, 0.3) is 0 Å². The van der Waals surface area contributed by atoms with Gasteiger partial charge in [0.2, 0.25) is 35.4 Å². The van der Waals surface area contributed by atoms with Gasteiger partial charge in [0.05, 0.1) is 6.10 Å². The monoisotopic (exact) mass is 901 g/mol. The number of aliphatic hydroxyl groups is 1. The number of hydrogen-bond acceptors (Lipinski definition) is 13. The lowest BCUT2D eigenvalue weighted by Gasteiger charge is -2.29. The molecule has 0 unspecified atom stereocenters. The Labute approximate surface area is 370 Å². The number of nitrogens with one attached hydrogen (secondary N) is 7. The standard InChI is InChI=1S/C41H59N9O10S2/c1-21(2)34(50-38(56)31(19-61)48-39(57)33(43)22(3)51)40(58)45-28(10-6-7-15-42)35(53)47-30(17-24-18-44-27-9-5-4-8-26(24)27)37(55)46-29(16-23-11-13-25(52)14-12-23)36(54)49-32(20-62)41(59)60/h4-5,8-9,11-14,18,21-22,28-34,44,51-52,61-62H,6-7,10,15-17,19-20,42-43H2,1-3H3,(H,45,58)(H,46,55)(H,47,53)(H,48,57)(H,49,54)(H,50,56)(H,59,60)/t22-,28+,29+,30-,31+,32+,33+,34+/m1/s1. The second-order valence-electron chi connectivity index (χ2n) is 15.2. The van der Waals surface area contributed by atoms with Crippen LogP contribution in [0.4, 0.5) is 0 Å². The zero-order chi connectivity index (χ0) is 46.1. The van der Waals surface area contributed by atoms with Crippen molar-refractivity contribution in [1.29, 1.82) is 0 Å². The predicted molar refractivity (Wildman–Crippen MR) is 238 cm³/mol. The number of phenolic OH excluding ortho intramolecular Hbond substituents is 1. The highest BCUT2D eigenvalue weighted by Gasteiger charge is 2.35. The van der Waals surface area contributed by atoms with E-state index in [1.807, 2.05) is 18.2 Å². The van der Waals surface area contributed by atoms with Gasteiger partial charge in [-0.05, 0) is 68.0 Å². The van der Waals surface area contributed by atoms with Gasteiger partial charge in [0, 0.05) is 41.4 Å². The van der Waals surface area contributed by atoms with Gasteiger partial charge >= 0.3 is 5.97 Å². The van der Waals surface area contributed by atoms with Crippen LogP contribution in [0.2, 0.25) is 0 Å². The van der Waals surface area contributed by atoms with Crippen molar-refractivity contribution in [1.82, 2.24) is 36.9 Å². The molecule has 21 heteroatoms. The fourth-order valence-corrected chi connectivity index (χ4v) is 6.81. The van der Waals surface area contributed by atoms with Crippen molar-refractivity contribution in [2.24, 2.45) is 17.4 Å². The Morgan fingerprint density at radius 1 is 0.677 bits per heavy atom. The summed E-state index contributed by atoms with van der Waals surface area (Å²) in [5, 5.41) is 45.4. The Balaban J connectivity index is 1.95. The summed E-state index contributed by atoms with van der Waals surface area (Å²) in [6, 6.07) is 3.98. The van der Waals surface area contributed by atoms with Crippen molar-refractivity contribution in [2.75, 3.05) is 18.1 Å². The number of unbranched alkanes of at least 4 members (excludes halogenated alkanes) is 1. The van der Waals surface area contributed by atoms with Crippen molar-refractivity contribution in [3.05, 3.63) is 65.9 Å². The molecule has 62 heavy (non-hydrogen) atoms. The highest BCUT2D eigenvalue weighted by Crippen LogP contribution is 2.20. The van der Waals surface area contributed by atoms with Crippen LogP contribution in [-0.4, -0.2) is 128 Å². The zero-order valence-corrected chi connectivity index (χ0v) is 36.6. The molecule has 8 atom stereocenters. The van der Waals surface area contributed by atoms with Crippen LogP contribution < -0.4 is 43.4 Å². The zero-order valence-electron chi connectivity index (χ0n) is 34.8. The lowest BCUT2D eigenvalue weighted by Crippen LogP contribution is -2.61. The fourth-order valence-electron chi connectivity index (χ4n) is 6.30. The first-order chi connectivity index (χ1) is 29.4. The molecule has 0 aliphatic heterocycles. The average Bonchev–Trinajstić information content (AvgIpc) is 3.65. The number of rotatable bonds is 25. The van der Waals surface area contributed by atoms with Crippen molar-refractivity contribution >= 4 is 77.6 Å². The molecule has 3 aromatic rings. The molecule has 0 aliphatic rings. The van der Waals surface area contributed by atoms with Gasteiger partial charge in [-0.15, -0.1) is 0 Å². The predicted octanol–water partition coefficient (Wildman–Crippen LogP) is -0.995. The van der Waals surface area contributed by atoms with Crippen molar-refractivity contribution in [3.63, 3.8) is 0 Å². The van der Waals surface area contributed by atoms with Crippen LogP contribution in [0.3, 0.4) is 0 Å². The molecule has 0 saturated carbocycles. The third-order valence-corrected chi connectivity index (χ3v) is 10.7. The maximum absolute atomic E-state index is 14.4. The summed E-state index contributed by atoms with van der Waals surface area (Å²) in [5.74, 6) is -7.07. The average molecular weight is 902 g/mol. The summed E-state index contributed by atoms with van der Waals surface area (Å²) < 4.78 is 0. The number of phenols is 1. The van der Waals surface area contributed by atoms with Gasteiger partial charge in [-0.1, -0.05) is 44.2 Å². The molecule has 3 rings (SSSR count). The highest BCUT2D eigenvalue weighted by atomic mass is 32.1. The van der Waals surface area contributed by atoms with Crippen LogP contribution in [0.1, 0.15) is 51.2 Å². The molecule has 19 nitrogen and oxygen atoms in total. The normalized spacial score (nSPS) is 15.2. The topological polar surface area (TPSA) is 320 Å². The third-order valence-electron chi connectivity index (χ3n) is 10.0. The van der Waals surface area contributed by atoms with E-state index in [9.17, 15) is 48.9 Å². The van der Waals surface area contributed by atoms with Gasteiger partial charge in [-0.3, -0.25) is 28.8 Å². The molecule has 0 aliphatic carbocycles. The number of aromatic nitrogens is 1. The van der Waals surface area contributed by atoms with Gasteiger partial charge in [-0.25, -0.2) is 4.79 Å². The lowest BCUT2D eigenvalue weighted by molar-refractivity contribution is -0.141. The number of aliphatic carboxylic acids is 1. The first-order valence-electron chi connectivity index (χ1n) is 20.1. The van der Waals surface area contributed by atoms with Gasteiger partial charge in [0.15, 0.2) is 0 Å². The molecule has 0 bridgehead atoms. The minimum absolute atomic E-state index is 0.0407. The number of carboxylic acids is 1. The summed E-state index contributed by atoms with van der Waals surface area (Å²) in [5.41, 5.74) is 13.4. The number of H-pyrrole nitrogens is 1. The van der Waals surface area contributed by atoms with E-state index >= 15 is 0 Å². The Bertz CT molecular complexity index is 2000. The molecule has 0 fully saturated rings. The number of aromatic hydroxyl groups is 1. The van der Waals surface area contributed by atoms with Crippen LogP contribution in [0, 0.1) is 5.92 Å². The SMILES string of the molecule is CC(C)[C@H](NC(=O)[C@H](CS)NC(=O)[C@@H](N)[C@@H](C)O)C(=O)N[C@@H](CCCCN)C(=O)N[C@H](Cc1c[nH]c2ccccc12)C(=O)N[C@@H](Cc1ccc(O)cc1)C(=O)N[C@@H](CS)C(=O)O. The number of carbonyl (C=O) groups is 7. The smallest absolute Gasteiger partial charge is 0.327 e. The Morgan fingerprint density at radius 2 is 1.21 bits per heavy atom. The molecule has 1 aromatic heterocycles. The number of hydrogen-bond donors (Lipinski definition) is 14. The largest absolute Gasteiger partial charge is 0.508 e. The fraction of sp³-hybridized carbons (Fsp3) is 0.488. The second kappa shape index (κ2) is 24.9. The van der Waals surface area contributed by atoms with E-state index in [-0.39, 0.29) is 43.1 Å². The first-order valence-corrected chi connectivity index (χ1v) is 21.4. The molecule has 0 saturated heterocycles. The Kier molecular flexibility index (Phi) is 20.5. The number of aliphatic hydroxyl groups excluding tert-OH is 1. The molecule has 0 spiro atoms. The minimum atomic E-state index is -1.39. The highest BCUT2D eigenvalue weighted by molar-refractivity contribution is 7.80. The number of carbonyl (C=O) groups excluding carboxylic acids is 6. The van der Waals surface area contributed by atoms with E-state index in [0.717, 1.165) is 10.9 Å². The van der Waals surface area contributed by atoms with Crippen molar-refractivity contribution < 1.29 is 48.9 Å². The summed E-state index contributed by atoms with van der Waals surface area (Å²) in [4.78, 5) is 96.9.